The number of nitrogens with one attached hydrogen (secondary N) is 1. The van der Waals surface area contributed by atoms with Crippen molar-refractivity contribution in [2.24, 2.45) is 5.92 Å². The van der Waals surface area contributed by atoms with Crippen LogP contribution in [-0.2, 0) is 32.7 Å². The fourth-order valence-corrected chi connectivity index (χ4v) is 1.60. The molecule has 1 aliphatic rings. The Bertz CT molecular complexity index is 134. The summed E-state index contributed by atoms with van der Waals surface area (Å²) >= 11 is 0. The van der Waals surface area contributed by atoms with E-state index < -0.39 is 0 Å². The van der Waals surface area contributed by atoms with E-state index in [4.69, 9.17) is 5.73 Å². The van der Waals surface area contributed by atoms with Gasteiger partial charge in [0.15, 0.2) is 0 Å². The van der Waals surface area contributed by atoms with Gasteiger partial charge in [0.1, 0.15) is 0 Å². The molecule has 1 N–H and O–H groups in total. The van der Waals surface area contributed by atoms with Crippen LogP contribution in [0.3, 0.4) is 0 Å². The van der Waals surface area contributed by atoms with E-state index in [1.165, 1.54) is 6.42 Å². The summed E-state index contributed by atoms with van der Waals surface area (Å²) < 4.78 is 0. The summed E-state index contributed by atoms with van der Waals surface area (Å²) in [4.78, 5) is 2.47. The molecule has 0 aliphatic carbocycles. The SMILES string of the molecule is CC(C)(C)N1C[CH-]C(C[NH-])CC1.[Y]. The Labute approximate surface area is 108 Å². The van der Waals surface area contributed by atoms with Crippen LogP contribution in [0.15, 0.2) is 0 Å². The van der Waals surface area contributed by atoms with E-state index in [-0.39, 0.29) is 32.7 Å². The standard InChI is InChI=1S/C10H20N2.Y/c1-10(2,3)12-6-4-9(8-11)5-7-12;/h4,9,11H,5-8H2,1-3H3;/q-2;. The predicted molar refractivity (Wildman–Crippen MR) is 52.9 cm³/mol. The Morgan fingerprint density at radius 3 is 2.38 bits per heavy atom. The molecule has 0 aromatic rings. The van der Waals surface area contributed by atoms with E-state index in [0.29, 0.717) is 18.0 Å². The van der Waals surface area contributed by atoms with E-state index >= 15 is 0 Å². The molecule has 13 heavy (non-hydrogen) atoms. The van der Waals surface area contributed by atoms with Gasteiger partial charge in [0.05, 0.1) is 0 Å². The van der Waals surface area contributed by atoms with Crippen LogP contribution in [0.4, 0.5) is 0 Å². The monoisotopic (exact) mass is 257 g/mol. The molecule has 0 saturated carbocycles. The van der Waals surface area contributed by atoms with Crippen LogP contribution < -0.4 is 0 Å². The minimum atomic E-state index is 0. The normalized spacial score (nSPS) is 25.4. The van der Waals surface area contributed by atoms with Crippen LogP contribution in [0.5, 0.6) is 0 Å². The molecule has 1 rings (SSSR count). The molecule has 2 nitrogen and oxygen atoms in total. The van der Waals surface area contributed by atoms with Crippen LogP contribution in [0, 0.1) is 12.3 Å². The van der Waals surface area contributed by atoms with E-state index in [1.54, 1.807) is 0 Å². The second kappa shape index (κ2) is 5.80. The van der Waals surface area contributed by atoms with Crippen LogP contribution >= 0.6 is 0 Å². The van der Waals surface area contributed by atoms with Gasteiger partial charge in [-0.2, -0.15) is 12.5 Å². The van der Waals surface area contributed by atoms with Crippen molar-refractivity contribution in [1.82, 2.24) is 4.90 Å². The molecule has 1 fully saturated rings. The minimum Gasteiger partial charge on any atom is -0.679 e. The molecular formula is C10H20N2Y-2. The van der Waals surface area contributed by atoms with Gasteiger partial charge in [0, 0.05) is 38.2 Å². The molecule has 1 radical (unpaired) electrons. The molecule has 0 bridgehead atoms. The molecule has 0 amide bonds. The Morgan fingerprint density at radius 1 is 1.46 bits per heavy atom. The van der Waals surface area contributed by atoms with E-state index in [2.05, 4.69) is 32.1 Å². The Morgan fingerprint density at radius 2 is 2.08 bits per heavy atom. The van der Waals surface area contributed by atoms with Gasteiger partial charge in [-0.05, 0) is 27.3 Å². The van der Waals surface area contributed by atoms with Crippen molar-refractivity contribution in [3.63, 3.8) is 0 Å². The van der Waals surface area contributed by atoms with Crippen molar-refractivity contribution in [2.75, 3.05) is 19.6 Å². The molecule has 1 unspecified atom stereocenters. The van der Waals surface area contributed by atoms with Gasteiger partial charge >= 0.3 is 0 Å². The van der Waals surface area contributed by atoms with Crippen LogP contribution in [0.1, 0.15) is 27.2 Å². The third-order valence-electron chi connectivity index (χ3n) is 2.64. The first-order valence-electron chi connectivity index (χ1n) is 4.77. The summed E-state index contributed by atoms with van der Waals surface area (Å²) in [6.45, 7) is 9.54. The summed E-state index contributed by atoms with van der Waals surface area (Å²) in [5.74, 6) is 0.545. The number of nitrogens with zero attached hydrogens (tertiary/aromatic N) is 1. The Kier molecular flexibility index (Phi) is 6.25. The summed E-state index contributed by atoms with van der Waals surface area (Å²) in [7, 11) is 0. The Hall–Kier alpha value is 1.02. The molecule has 1 atom stereocenters. The second-order valence-corrected chi connectivity index (χ2v) is 4.61. The van der Waals surface area contributed by atoms with E-state index in [0.717, 1.165) is 13.1 Å². The molecule has 0 aromatic heterocycles. The van der Waals surface area contributed by atoms with E-state index in [9.17, 15) is 0 Å². The maximum absolute atomic E-state index is 7.27. The molecule has 0 spiro atoms. The number of likely N-dealkylation sites (tertiary alicyclic amines) is 1. The molecule has 1 aliphatic heterocycles. The minimum absolute atomic E-state index is 0. The first-order valence-corrected chi connectivity index (χ1v) is 4.77. The zero-order chi connectivity index (χ0) is 9.19. The van der Waals surface area contributed by atoms with Gasteiger partial charge in [-0.3, -0.25) is 0 Å². The maximum atomic E-state index is 7.27. The van der Waals surface area contributed by atoms with Gasteiger partial charge in [0.25, 0.3) is 0 Å². The largest absolute Gasteiger partial charge is 0.679 e. The first-order chi connectivity index (χ1) is 5.54. The zero-order valence-corrected chi connectivity index (χ0v) is 11.8. The van der Waals surface area contributed by atoms with Crippen LogP contribution in [0.2, 0.25) is 0 Å². The van der Waals surface area contributed by atoms with Crippen molar-refractivity contribution in [1.29, 1.82) is 0 Å². The van der Waals surface area contributed by atoms with Gasteiger partial charge in [-0.15, -0.1) is 6.54 Å². The van der Waals surface area contributed by atoms with Crippen molar-refractivity contribution < 1.29 is 32.7 Å². The number of hydrogen-bond donors (Lipinski definition) is 0. The molecule has 0 aromatic carbocycles. The fraction of sp³-hybridized carbons (Fsp3) is 0.900. The maximum Gasteiger partial charge on any atom is 0.00961 e. The third-order valence-corrected chi connectivity index (χ3v) is 2.64. The molecule has 3 heteroatoms. The van der Waals surface area contributed by atoms with Crippen molar-refractivity contribution in [3.8, 4) is 0 Å². The molecule has 75 valence electrons. The van der Waals surface area contributed by atoms with Crippen molar-refractivity contribution in [3.05, 3.63) is 12.2 Å². The molecular weight excluding hydrogens is 237 g/mol. The summed E-state index contributed by atoms with van der Waals surface area (Å²) in [6, 6.07) is 0. The smallest absolute Gasteiger partial charge is 0.00961 e. The van der Waals surface area contributed by atoms with Crippen molar-refractivity contribution in [2.45, 2.75) is 32.7 Å². The quantitative estimate of drug-likeness (QED) is 0.662. The number of piperidine rings is 1. The molecule has 1 saturated heterocycles. The molecule has 1 heterocycles. The van der Waals surface area contributed by atoms with Crippen LogP contribution in [0.25, 0.3) is 5.73 Å². The number of rotatable bonds is 1. The van der Waals surface area contributed by atoms with Gasteiger partial charge in [-0.25, -0.2) is 0 Å². The van der Waals surface area contributed by atoms with Crippen LogP contribution in [-0.4, -0.2) is 30.1 Å². The van der Waals surface area contributed by atoms with Gasteiger partial charge in [0.2, 0.25) is 0 Å². The average molecular weight is 257 g/mol. The Balaban J connectivity index is 0.00000144. The predicted octanol–water partition coefficient (Wildman–Crippen LogP) is 2.36. The van der Waals surface area contributed by atoms with Gasteiger partial charge in [-0.1, -0.05) is 6.42 Å². The third kappa shape index (κ3) is 4.37. The number of hydrogen-bond acceptors (Lipinski definition) is 1. The van der Waals surface area contributed by atoms with Crippen molar-refractivity contribution >= 4 is 0 Å². The van der Waals surface area contributed by atoms with Gasteiger partial charge < -0.3 is 17.1 Å². The summed E-state index contributed by atoms with van der Waals surface area (Å²) in [5, 5.41) is 0. The second-order valence-electron chi connectivity index (χ2n) is 4.61. The first kappa shape index (κ1) is 14.0. The summed E-state index contributed by atoms with van der Waals surface area (Å²) in [6.07, 6.45) is 3.46. The summed E-state index contributed by atoms with van der Waals surface area (Å²) in [5.41, 5.74) is 7.56. The van der Waals surface area contributed by atoms with E-state index in [1.807, 2.05) is 0 Å². The topological polar surface area (TPSA) is 27.0 Å². The average Bonchev–Trinajstić information content (AvgIpc) is 2.03. The fourth-order valence-electron chi connectivity index (χ4n) is 1.60. The zero-order valence-electron chi connectivity index (χ0n) is 9.01.